The first-order chi connectivity index (χ1) is 7.68. The van der Waals surface area contributed by atoms with Crippen molar-refractivity contribution in [1.29, 1.82) is 0 Å². The van der Waals surface area contributed by atoms with Crippen molar-refractivity contribution in [1.82, 2.24) is 5.32 Å². The van der Waals surface area contributed by atoms with E-state index >= 15 is 0 Å². The Morgan fingerprint density at radius 3 is 2.38 bits per heavy atom. The highest BCUT2D eigenvalue weighted by Gasteiger charge is 2.30. The molecule has 0 aromatic rings. The van der Waals surface area contributed by atoms with E-state index in [1.54, 1.807) is 0 Å². The number of rotatable bonds is 3. The molecule has 2 rings (SSSR count). The number of nitrogens with one attached hydrogen (secondary N) is 1. The zero-order valence-electron chi connectivity index (χ0n) is 10.1. The average Bonchev–Trinajstić information content (AvgIpc) is 2.70. The van der Waals surface area contributed by atoms with E-state index in [9.17, 15) is 4.79 Å². The van der Waals surface area contributed by atoms with Crippen molar-refractivity contribution >= 4 is 5.91 Å². The molecule has 0 bridgehead atoms. The molecular weight excluding hydrogens is 200 g/mol. The van der Waals surface area contributed by atoms with Crippen molar-refractivity contribution in [2.24, 2.45) is 5.73 Å². The molecule has 0 aromatic carbocycles. The first-order valence-electron chi connectivity index (χ1n) is 6.76. The summed E-state index contributed by atoms with van der Waals surface area (Å²) in [6.07, 6.45) is 11.1. The van der Waals surface area contributed by atoms with Crippen LogP contribution in [0.2, 0.25) is 0 Å². The maximum Gasteiger partial charge on any atom is 0.222 e. The summed E-state index contributed by atoms with van der Waals surface area (Å²) in [5.41, 5.74) is 6.07. The summed E-state index contributed by atoms with van der Waals surface area (Å²) in [6.45, 7) is 0. The predicted octanol–water partition coefficient (Wildman–Crippen LogP) is 2.10. The fourth-order valence-corrected chi connectivity index (χ4v) is 3.10. The number of nitrogens with two attached hydrogens (primary N) is 1. The smallest absolute Gasteiger partial charge is 0.222 e. The van der Waals surface area contributed by atoms with Crippen LogP contribution in [0.25, 0.3) is 0 Å². The van der Waals surface area contributed by atoms with Crippen LogP contribution in [0.15, 0.2) is 0 Å². The lowest BCUT2D eigenvalue weighted by Gasteiger charge is -2.33. The van der Waals surface area contributed by atoms with Gasteiger partial charge in [0.1, 0.15) is 0 Å². The summed E-state index contributed by atoms with van der Waals surface area (Å²) in [7, 11) is 0. The second kappa shape index (κ2) is 5.17. The Kier molecular flexibility index (Phi) is 3.85. The highest BCUT2D eigenvalue weighted by molar-refractivity contribution is 5.77. The Bertz CT molecular complexity index is 240. The minimum Gasteiger partial charge on any atom is -0.353 e. The number of amides is 1. The summed E-state index contributed by atoms with van der Waals surface area (Å²) in [5.74, 6) is 0.177. The van der Waals surface area contributed by atoms with Gasteiger partial charge in [-0.1, -0.05) is 32.1 Å². The van der Waals surface area contributed by atoms with Crippen LogP contribution < -0.4 is 11.1 Å². The highest BCUT2D eigenvalue weighted by atomic mass is 16.1. The van der Waals surface area contributed by atoms with E-state index in [1.165, 1.54) is 32.1 Å². The first kappa shape index (κ1) is 11.9. The van der Waals surface area contributed by atoms with Gasteiger partial charge in [0.25, 0.3) is 0 Å². The Morgan fingerprint density at radius 1 is 1.12 bits per heavy atom. The van der Waals surface area contributed by atoms with Gasteiger partial charge in [0, 0.05) is 18.0 Å². The van der Waals surface area contributed by atoms with Gasteiger partial charge in [0.15, 0.2) is 0 Å². The fourth-order valence-electron chi connectivity index (χ4n) is 3.10. The maximum absolute atomic E-state index is 11.9. The molecule has 2 fully saturated rings. The average molecular weight is 224 g/mol. The van der Waals surface area contributed by atoms with Crippen LogP contribution in [0.1, 0.15) is 64.2 Å². The molecular formula is C13H24N2O. The molecule has 0 radical (unpaired) electrons. The summed E-state index contributed by atoms with van der Waals surface area (Å²) in [5, 5.41) is 3.13. The third-order valence-corrected chi connectivity index (χ3v) is 4.08. The van der Waals surface area contributed by atoms with Crippen LogP contribution in [0, 0.1) is 0 Å². The highest BCUT2D eigenvalue weighted by Crippen LogP contribution is 2.28. The van der Waals surface area contributed by atoms with Crippen LogP contribution in [0.3, 0.4) is 0 Å². The lowest BCUT2D eigenvalue weighted by molar-refractivity contribution is -0.123. The second-order valence-electron chi connectivity index (χ2n) is 5.65. The molecule has 2 aliphatic carbocycles. The molecule has 0 aliphatic heterocycles. The number of carbonyl (C=O) groups excluding carboxylic acids is 1. The van der Waals surface area contributed by atoms with Crippen molar-refractivity contribution in [2.45, 2.75) is 75.8 Å². The van der Waals surface area contributed by atoms with Gasteiger partial charge in [-0.25, -0.2) is 0 Å². The van der Waals surface area contributed by atoms with Crippen molar-refractivity contribution in [3.63, 3.8) is 0 Å². The van der Waals surface area contributed by atoms with E-state index in [1.807, 2.05) is 0 Å². The third kappa shape index (κ3) is 3.21. The van der Waals surface area contributed by atoms with E-state index < -0.39 is 0 Å². The molecule has 0 atom stereocenters. The van der Waals surface area contributed by atoms with Crippen LogP contribution in [0.5, 0.6) is 0 Å². The van der Waals surface area contributed by atoms with Crippen LogP contribution in [-0.4, -0.2) is 17.5 Å². The Morgan fingerprint density at radius 2 is 1.75 bits per heavy atom. The van der Waals surface area contributed by atoms with Crippen LogP contribution in [0.4, 0.5) is 0 Å². The molecule has 3 N–H and O–H groups in total. The van der Waals surface area contributed by atoms with E-state index in [0.29, 0.717) is 12.5 Å². The van der Waals surface area contributed by atoms with Gasteiger partial charge in [-0.3, -0.25) is 4.79 Å². The minimum absolute atomic E-state index is 0.177. The molecule has 0 unspecified atom stereocenters. The quantitative estimate of drug-likeness (QED) is 0.771. The molecule has 0 spiro atoms. The molecule has 0 aromatic heterocycles. The van der Waals surface area contributed by atoms with Gasteiger partial charge in [-0.05, 0) is 25.7 Å². The normalized spacial score (nSPS) is 25.6. The van der Waals surface area contributed by atoms with Gasteiger partial charge in [-0.15, -0.1) is 0 Å². The zero-order chi connectivity index (χ0) is 11.4. The Hall–Kier alpha value is -0.570. The number of hydrogen-bond acceptors (Lipinski definition) is 2. The summed E-state index contributed by atoms with van der Waals surface area (Å²) in [4.78, 5) is 11.9. The van der Waals surface area contributed by atoms with Gasteiger partial charge < -0.3 is 11.1 Å². The van der Waals surface area contributed by atoms with Crippen molar-refractivity contribution in [2.75, 3.05) is 0 Å². The first-order valence-corrected chi connectivity index (χ1v) is 6.76. The van der Waals surface area contributed by atoms with Gasteiger partial charge in [0.05, 0.1) is 0 Å². The molecule has 3 heteroatoms. The molecule has 0 heterocycles. The van der Waals surface area contributed by atoms with E-state index in [-0.39, 0.29) is 11.4 Å². The summed E-state index contributed by atoms with van der Waals surface area (Å²) in [6, 6.07) is 0.430. The molecule has 3 nitrogen and oxygen atoms in total. The van der Waals surface area contributed by atoms with Crippen molar-refractivity contribution in [3.8, 4) is 0 Å². The molecule has 92 valence electrons. The lowest BCUT2D eigenvalue weighted by Crippen LogP contribution is -2.47. The molecule has 16 heavy (non-hydrogen) atoms. The Labute approximate surface area is 98.2 Å². The van der Waals surface area contributed by atoms with Gasteiger partial charge >= 0.3 is 0 Å². The monoisotopic (exact) mass is 224 g/mol. The van der Waals surface area contributed by atoms with Crippen molar-refractivity contribution in [3.05, 3.63) is 0 Å². The Balaban J connectivity index is 1.76. The SMILES string of the molecule is NC1(CC(=O)NC2CCCC2)CCCCC1. The molecule has 1 amide bonds. The van der Waals surface area contributed by atoms with Gasteiger partial charge in [0.2, 0.25) is 5.91 Å². The molecule has 2 saturated carbocycles. The summed E-state index contributed by atoms with van der Waals surface area (Å²) < 4.78 is 0. The number of carbonyl (C=O) groups is 1. The minimum atomic E-state index is -0.207. The summed E-state index contributed by atoms with van der Waals surface area (Å²) >= 11 is 0. The standard InChI is InChI=1S/C13H24N2O/c14-13(8-4-1-5-9-13)10-12(16)15-11-6-2-3-7-11/h11H,1-10,14H2,(H,15,16). The van der Waals surface area contributed by atoms with Crippen molar-refractivity contribution < 1.29 is 4.79 Å². The third-order valence-electron chi connectivity index (χ3n) is 4.08. The topological polar surface area (TPSA) is 55.1 Å². The molecule has 2 aliphatic rings. The van der Waals surface area contributed by atoms with E-state index in [2.05, 4.69) is 5.32 Å². The van der Waals surface area contributed by atoms with E-state index in [0.717, 1.165) is 25.7 Å². The molecule has 0 saturated heterocycles. The zero-order valence-corrected chi connectivity index (χ0v) is 10.1. The van der Waals surface area contributed by atoms with Gasteiger partial charge in [-0.2, -0.15) is 0 Å². The van der Waals surface area contributed by atoms with Crippen LogP contribution in [-0.2, 0) is 4.79 Å². The van der Waals surface area contributed by atoms with E-state index in [4.69, 9.17) is 5.73 Å². The fraction of sp³-hybridized carbons (Fsp3) is 0.923. The number of hydrogen-bond donors (Lipinski definition) is 2. The predicted molar refractivity (Wildman–Crippen MR) is 65.0 cm³/mol. The maximum atomic E-state index is 11.9. The second-order valence-corrected chi connectivity index (χ2v) is 5.65. The lowest BCUT2D eigenvalue weighted by atomic mass is 9.80. The largest absolute Gasteiger partial charge is 0.353 e. The van der Waals surface area contributed by atoms with Crippen LogP contribution >= 0.6 is 0 Å².